The van der Waals surface area contributed by atoms with E-state index in [0.717, 1.165) is 48.5 Å². The van der Waals surface area contributed by atoms with Gasteiger partial charge in [0.2, 0.25) is 0 Å². The zero-order valence-electron chi connectivity index (χ0n) is 11.1. The molecule has 2 N–H and O–H groups in total. The van der Waals surface area contributed by atoms with Gasteiger partial charge >= 0.3 is 0 Å². The fraction of sp³-hybridized carbons (Fsp3) is 0.500. The molecule has 0 amide bonds. The zero-order valence-corrected chi connectivity index (χ0v) is 11.1. The maximum absolute atomic E-state index is 5.89. The Balaban J connectivity index is 1.67. The predicted octanol–water partition coefficient (Wildman–Crippen LogP) is 1.84. The number of ether oxygens (including phenoxy) is 2. The molecule has 0 spiro atoms. The molecule has 19 heavy (non-hydrogen) atoms. The lowest BCUT2D eigenvalue weighted by atomic mass is 10.1. The van der Waals surface area contributed by atoms with Crippen molar-refractivity contribution in [3.63, 3.8) is 0 Å². The van der Waals surface area contributed by atoms with Crippen LogP contribution in [0, 0.1) is 0 Å². The van der Waals surface area contributed by atoms with Crippen LogP contribution in [-0.2, 0) is 11.3 Å². The Morgan fingerprint density at radius 1 is 1.32 bits per heavy atom. The Morgan fingerprint density at radius 2 is 2.16 bits per heavy atom. The normalized spacial score (nSPS) is 16.9. The lowest BCUT2D eigenvalue weighted by Gasteiger charge is -2.22. The third-order valence-electron chi connectivity index (χ3n) is 3.48. The monoisotopic (exact) mass is 261 g/mol. The quantitative estimate of drug-likeness (QED) is 0.881. The van der Waals surface area contributed by atoms with Gasteiger partial charge in [-0.05, 0) is 38.1 Å². The van der Waals surface area contributed by atoms with Crippen LogP contribution >= 0.6 is 0 Å². The summed E-state index contributed by atoms with van der Waals surface area (Å²) in [5, 5.41) is 3.33. The van der Waals surface area contributed by atoms with E-state index in [9.17, 15) is 0 Å². The molecule has 0 radical (unpaired) electrons. The van der Waals surface area contributed by atoms with Crippen LogP contribution in [0.5, 0.6) is 5.75 Å². The summed E-state index contributed by atoms with van der Waals surface area (Å²) in [5.74, 6) is 1.71. The summed E-state index contributed by atoms with van der Waals surface area (Å²) in [6.45, 7) is 2.63. The molecule has 0 aliphatic carbocycles. The predicted molar refractivity (Wildman–Crippen MR) is 73.3 cm³/mol. The van der Waals surface area contributed by atoms with Gasteiger partial charge in [0.1, 0.15) is 18.2 Å². The molecule has 1 aliphatic heterocycles. The van der Waals surface area contributed by atoms with Crippen molar-refractivity contribution >= 4 is 11.0 Å². The van der Waals surface area contributed by atoms with Gasteiger partial charge in [0.25, 0.3) is 0 Å². The van der Waals surface area contributed by atoms with E-state index >= 15 is 0 Å². The second kappa shape index (κ2) is 5.59. The number of methoxy groups -OCH3 is 1. The van der Waals surface area contributed by atoms with Crippen LogP contribution in [0.25, 0.3) is 11.0 Å². The number of imidazole rings is 1. The van der Waals surface area contributed by atoms with Crippen molar-refractivity contribution in [3.8, 4) is 5.75 Å². The number of aromatic nitrogens is 2. The van der Waals surface area contributed by atoms with E-state index in [2.05, 4.69) is 15.3 Å². The fourth-order valence-electron chi connectivity index (χ4n) is 2.40. The molecule has 5 heteroatoms. The van der Waals surface area contributed by atoms with Gasteiger partial charge in [0.05, 0.1) is 24.2 Å². The number of hydrogen-bond acceptors (Lipinski definition) is 4. The van der Waals surface area contributed by atoms with Crippen LogP contribution in [0.2, 0.25) is 0 Å². The molecule has 1 fully saturated rings. The summed E-state index contributed by atoms with van der Waals surface area (Å²) in [6, 6.07) is 5.83. The Kier molecular flexibility index (Phi) is 3.66. The molecule has 0 saturated carbocycles. The second-order valence-electron chi connectivity index (χ2n) is 4.83. The third kappa shape index (κ3) is 2.88. The number of nitrogens with one attached hydrogen (secondary N) is 2. The number of benzene rings is 1. The van der Waals surface area contributed by atoms with Crippen molar-refractivity contribution in [2.75, 3.05) is 20.2 Å². The number of nitrogens with zero attached hydrogens (tertiary/aromatic N) is 1. The molecule has 0 bridgehead atoms. The summed E-state index contributed by atoms with van der Waals surface area (Å²) in [6.07, 6.45) is 2.51. The molecule has 0 atom stereocenters. The van der Waals surface area contributed by atoms with Crippen molar-refractivity contribution < 1.29 is 9.47 Å². The first kappa shape index (κ1) is 12.4. The first-order valence-corrected chi connectivity index (χ1v) is 6.70. The van der Waals surface area contributed by atoms with Gasteiger partial charge < -0.3 is 19.8 Å². The van der Waals surface area contributed by atoms with Crippen LogP contribution in [0.1, 0.15) is 18.7 Å². The van der Waals surface area contributed by atoms with E-state index in [-0.39, 0.29) is 0 Å². The summed E-state index contributed by atoms with van der Waals surface area (Å²) in [4.78, 5) is 7.80. The largest absolute Gasteiger partial charge is 0.497 e. The van der Waals surface area contributed by atoms with E-state index in [1.165, 1.54) is 0 Å². The summed E-state index contributed by atoms with van der Waals surface area (Å²) >= 11 is 0. The van der Waals surface area contributed by atoms with Gasteiger partial charge in [-0.3, -0.25) is 0 Å². The van der Waals surface area contributed by atoms with Crippen molar-refractivity contribution in [2.45, 2.75) is 25.6 Å². The lowest BCUT2D eigenvalue weighted by Crippen LogP contribution is -2.32. The average Bonchev–Trinajstić information content (AvgIpc) is 2.88. The molecule has 3 rings (SSSR count). The summed E-state index contributed by atoms with van der Waals surface area (Å²) in [5.41, 5.74) is 1.94. The zero-order chi connectivity index (χ0) is 13.1. The van der Waals surface area contributed by atoms with Crippen LogP contribution in [0.4, 0.5) is 0 Å². The number of fused-ring (bicyclic) bond motifs is 1. The average molecular weight is 261 g/mol. The minimum atomic E-state index is 0.351. The van der Waals surface area contributed by atoms with Crippen LogP contribution in [0.3, 0.4) is 0 Å². The van der Waals surface area contributed by atoms with Gasteiger partial charge in [-0.15, -0.1) is 0 Å². The molecule has 1 saturated heterocycles. The van der Waals surface area contributed by atoms with Crippen LogP contribution in [-0.4, -0.2) is 36.3 Å². The van der Waals surface area contributed by atoms with Gasteiger partial charge in [0, 0.05) is 6.07 Å². The molecule has 0 unspecified atom stereocenters. The highest BCUT2D eigenvalue weighted by Gasteiger charge is 2.14. The van der Waals surface area contributed by atoms with Crippen molar-refractivity contribution in [3.05, 3.63) is 24.0 Å². The van der Waals surface area contributed by atoms with E-state index < -0.39 is 0 Å². The van der Waals surface area contributed by atoms with E-state index in [1.807, 2.05) is 18.2 Å². The Labute approximate surface area is 112 Å². The Hall–Kier alpha value is -1.59. The Morgan fingerprint density at radius 3 is 2.95 bits per heavy atom. The highest BCUT2D eigenvalue weighted by atomic mass is 16.5. The maximum Gasteiger partial charge on any atom is 0.133 e. The molecule has 2 heterocycles. The topological polar surface area (TPSA) is 59.2 Å². The number of piperidine rings is 1. The smallest absolute Gasteiger partial charge is 0.133 e. The number of hydrogen-bond donors (Lipinski definition) is 2. The number of aromatic amines is 1. The molecule has 5 nitrogen and oxygen atoms in total. The minimum Gasteiger partial charge on any atom is -0.497 e. The van der Waals surface area contributed by atoms with Gasteiger partial charge in [-0.1, -0.05) is 0 Å². The molecule has 2 aromatic rings. The first-order valence-electron chi connectivity index (χ1n) is 6.70. The molecule has 102 valence electrons. The van der Waals surface area contributed by atoms with Crippen molar-refractivity contribution in [1.29, 1.82) is 0 Å². The first-order chi connectivity index (χ1) is 9.35. The highest BCUT2D eigenvalue weighted by molar-refractivity contribution is 5.76. The molecular formula is C14H19N3O2. The van der Waals surface area contributed by atoms with Crippen molar-refractivity contribution in [2.24, 2.45) is 0 Å². The molecule has 1 aromatic heterocycles. The maximum atomic E-state index is 5.89. The fourth-order valence-corrected chi connectivity index (χ4v) is 2.40. The van der Waals surface area contributed by atoms with Gasteiger partial charge in [-0.2, -0.15) is 0 Å². The van der Waals surface area contributed by atoms with E-state index in [1.54, 1.807) is 7.11 Å². The number of rotatable bonds is 4. The molecular weight excluding hydrogens is 242 g/mol. The minimum absolute atomic E-state index is 0.351. The molecule has 1 aliphatic rings. The van der Waals surface area contributed by atoms with E-state index in [4.69, 9.17) is 9.47 Å². The van der Waals surface area contributed by atoms with Gasteiger partial charge in [0.15, 0.2) is 0 Å². The summed E-state index contributed by atoms with van der Waals surface area (Å²) < 4.78 is 11.1. The van der Waals surface area contributed by atoms with Crippen LogP contribution in [0.15, 0.2) is 18.2 Å². The summed E-state index contributed by atoms with van der Waals surface area (Å²) in [7, 11) is 1.67. The van der Waals surface area contributed by atoms with Crippen LogP contribution < -0.4 is 10.1 Å². The lowest BCUT2D eigenvalue weighted by molar-refractivity contribution is 0.0182. The highest BCUT2D eigenvalue weighted by Crippen LogP contribution is 2.19. The standard InChI is InChI=1S/C14H19N3O2/c1-18-11-2-3-12-13(8-11)17-14(16-12)9-19-10-4-6-15-7-5-10/h2-3,8,10,15H,4-7,9H2,1H3,(H,16,17). The molecule has 1 aromatic carbocycles. The Bertz CT molecular complexity index is 547. The SMILES string of the molecule is COc1ccc2nc(COC3CCNCC3)[nH]c2c1. The van der Waals surface area contributed by atoms with Crippen molar-refractivity contribution in [1.82, 2.24) is 15.3 Å². The number of H-pyrrole nitrogens is 1. The van der Waals surface area contributed by atoms with Gasteiger partial charge in [-0.25, -0.2) is 4.98 Å². The second-order valence-corrected chi connectivity index (χ2v) is 4.83. The van der Waals surface area contributed by atoms with E-state index in [0.29, 0.717) is 12.7 Å². The third-order valence-corrected chi connectivity index (χ3v) is 3.48.